The van der Waals surface area contributed by atoms with Gasteiger partial charge in [-0.1, -0.05) is 6.07 Å². The van der Waals surface area contributed by atoms with Crippen LogP contribution in [-0.2, 0) is 11.3 Å². The Bertz CT molecular complexity index is 452. The molecule has 1 aromatic rings. The first-order valence-electron chi connectivity index (χ1n) is 5.44. The molecule has 0 spiro atoms. The number of carboxylic acid groups (broad SMARTS) is 1. The lowest BCUT2D eigenvalue weighted by Gasteiger charge is -2.19. The standard InChI is InChI=1S/C12H16N2O4/c1-12(2,3)18-11(17)13-7-8-5-4-6-9(14-8)10(15)16/h4-6H,7H2,1-3H3,(H,13,17)(H,15,16). The van der Waals surface area contributed by atoms with Crippen molar-refractivity contribution in [1.29, 1.82) is 0 Å². The van der Waals surface area contributed by atoms with E-state index in [4.69, 9.17) is 9.84 Å². The van der Waals surface area contributed by atoms with Crippen molar-refractivity contribution in [2.24, 2.45) is 0 Å². The highest BCUT2D eigenvalue weighted by Gasteiger charge is 2.15. The van der Waals surface area contributed by atoms with Gasteiger partial charge >= 0.3 is 12.1 Å². The molecule has 0 saturated carbocycles. The first-order valence-corrected chi connectivity index (χ1v) is 5.44. The molecule has 0 atom stereocenters. The van der Waals surface area contributed by atoms with Crippen molar-refractivity contribution in [3.8, 4) is 0 Å². The number of hydrogen-bond acceptors (Lipinski definition) is 4. The Labute approximate surface area is 105 Å². The molecule has 1 aromatic heterocycles. The first kappa shape index (κ1) is 14.0. The molecule has 0 saturated heterocycles. The molecule has 0 bridgehead atoms. The number of carboxylic acids is 1. The van der Waals surface area contributed by atoms with E-state index >= 15 is 0 Å². The average molecular weight is 252 g/mol. The summed E-state index contributed by atoms with van der Waals surface area (Å²) in [6, 6.07) is 4.59. The third-order valence-electron chi connectivity index (χ3n) is 1.84. The molecule has 0 unspecified atom stereocenters. The van der Waals surface area contributed by atoms with E-state index in [1.54, 1.807) is 32.9 Å². The maximum atomic E-state index is 11.4. The fourth-order valence-corrected chi connectivity index (χ4v) is 1.17. The van der Waals surface area contributed by atoms with Crippen LogP contribution < -0.4 is 5.32 Å². The lowest BCUT2D eigenvalue weighted by molar-refractivity contribution is 0.0522. The minimum absolute atomic E-state index is 0.0570. The number of pyridine rings is 1. The monoisotopic (exact) mass is 252 g/mol. The highest BCUT2D eigenvalue weighted by atomic mass is 16.6. The van der Waals surface area contributed by atoms with Crippen LogP contribution in [0.15, 0.2) is 18.2 Å². The van der Waals surface area contributed by atoms with Crippen LogP contribution >= 0.6 is 0 Å². The number of rotatable bonds is 3. The third kappa shape index (κ3) is 4.82. The van der Waals surface area contributed by atoms with Crippen molar-refractivity contribution in [1.82, 2.24) is 10.3 Å². The highest BCUT2D eigenvalue weighted by Crippen LogP contribution is 2.07. The summed E-state index contributed by atoms with van der Waals surface area (Å²) in [6.07, 6.45) is -0.565. The predicted molar refractivity (Wildman–Crippen MR) is 64.3 cm³/mol. The molecule has 18 heavy (non-hydrogen) atoms. The Kier molecular flexibility index (Phi) is 4.25. The van der Waals surface area contributed by atoms with Gasteiger partial charge < -0.3 is 15.2 Å². The van der Waals surface area contributed by atoms with Crippen molar-refractivity contribution in [2.75, 3.05) is 0 Å². The van der Waals surface area contributed by atoms with Gasteiger partial charge in [-0.25, -0.2) is 14.6 Å². The molecule has 2 N–H and O–H groups in total. The van der Waals surface area contributed by atoms with E-state index < -0.39 is 17.7 Å². The van der Waals surface area contributed by atoms with E-state index in [1.165, 1.54) is 6.07 Å². The molecule has 0 fully saturated rings. The van der Waals surface area contributed by atoms with Crippen LogP contribution in [-0.4, -0.2) is 27.8 Å². The summed E-state index contributed by atoms with van der Waals surface area (Å²) in [4.78, 5) is 25.9. The fourth-order valence-electron chi connectivity index (χ4n) is 1.17. The summed E-state index contributed by atoms with van der Waals surface area (Å²) in [6.45, 7) is 5.40. The quantitative estimate of drug-likeness (QED) is 0.856. The van der Waals surface area contributed by atoms with E-state index in [1.807, 2.05) is 0 Å². The van der Waals surface area contributed by atoms with Gasteiger partial charge in [0.25, 0.3) is 0 Å². The molecule has 98 valence electrons. The van der Waals surface area contributed by atoms with E-state index in [0.29, 0.717) is 5.69 Å². The van der Waals surface area contributed by atoms with Gasteiger partial charge in [-0.2, -0.15) is 0 Å². The van der Waals surface area contributed by atoms with Gasteiger partial charge in [-0.15, -0.1) is 0 Å². The lowest BCUT2D eigenvalue weighted by atomic mass is 10.2. The topological polar surface area (TPSA) is 88.5 Å². The Morgan fingerprint density at radius 3 is 2.61 bits per heavy atom. The molecular formula is C12H16N2O4. The molecule has 1 heterocycles. The van der Waals surface area contributed by atoms with E-state index in [-0.39, 0.29) is 12.2 Å². The zero-order chi connectivity index (χ0) is 13.8. The largest absolute Gasteiger partial charge is 0.477 e. The van der Waals surface area contributed by atoms with Crippen molar-refractivity contribution in [3.05, 3.63) is 29.6 Å². The minimum Gasteiger partial charge on any atom is -0.477 e. The van der Waals surface area contributed by atoms with Gasteiger partial charge in [0, 0.05) is 0 Å². The maximum absolute atomic E-state index is 11.4. The number of amides is 1. The first-order chi connectivity index (χ1) is 8.28. The van der Waals surface area contributed by atoms with Crippen molar-refractivity contribution in [2.45, 2.75) is 32.9 Å². The van der Waals surface area contributed by atoms with Crippen LogP contribution in [0.1, 0.15) is 37.0 Å². The predicted octanol–water partition coefficient (Wildman–Crippen LogP) is 1.80. The summed E-state index contributed by atoms with van der Waals surface area (Å²) in [5, 5.41) is 11.3. The second-order valence-electron chi connectivity index (χ2n) is 4.67. The molecule has 0 aliphatic heterocycles. The third-order valence-corrected chi connectivity index (χ3v) is 1.84. The van der Waals surface area contributed by atoms with Gasteiger partial charge in [0.1, 0.15) is 11.3 Å². The molecule has 6 heteroatoms. The molecule has 1 rings (SSSR count). The van der Waals surface area contributed by atoms with Crippen LogP contribution in [0, 0.1) is 0 Å². The number of nitrogens with zero attached hydrogens (tertiary/aromatic N) is 1. The summed E-state index contributed by atoms with van der Waals surface area (Å²) < 4.78 is 5.04. The molecule has 0 radical (unpaired) electrons. The van der Waals surface area contributed by atoms with Crippen molar-refractivity contribution < 1.29 is 19.4 Å². The second-order valence-corrected chi connectivity index (χ2v) is 4.67. The Morgan fingerprint density at radius 2 is 2.06 bits per heavy atom. The number of nitrogens with one attached hydrogen (secondary N) is 1. The average Bonchev–Trinajstić information content (AvgIpc) is 2.24. The van der Waals surface area contributed by atoms with Crippen LogP contribution in [0.2, 0.25) is 0 Å². The van der Waals surface area contributed by atoms with E-state index in [0.717, 1.165) is 0 Å². The SMILES string of the molecule is CC(C)(C)OC(=O)NCc1cccc(C(=O)O)n1. The number of ether oxygens (including phenoxy) is 1. The number of aromatic carboxylic acids is 1. The minimum atomic E-state index is -1.10. The zero-order valence-corrected chi connectivity index (χ0v) is 10.6. The number of hydrogen-bond donors (Lipinski definition) is 2. The maximum Gasteiger partial charge on any atom is 0.407 e. The summed E-state index contributed by atoms with van der Waals surface area (Å²) in [5.41, 5.74) is -0.167. The Hall–Kier alpha value is -2.11. The number of alkyl carbamates (subject to hydrolysis) is 1. The summed E-state index contributed by atoms with van der Waals surface area (Å²) in [5.74, 6) is -1.10. The zero-order valence-electron chi connectivity index (χ0n) is 10.6. The fraction of sp³-hybridized carbons (Fsp3) is 0.417. The van der Waals surface area contributed by atoms with Crippen molar-refractivity contribution in [3.63, 3.8) is 0 Å². The second kappa shape index (κ2) is 5.48. The van der Waals surface area contributed by atoms with Gasteiger partial charge in [0.2, 0.25) is 0 Å². The summed E-state index contributed by atoms with van der Waals surface area (Å²) >= 11 is 0. The Morgan fingerprint density at radius 1 is 1.39 bits per heavy atom. The highest BCUT2D eigenvalue weighted by molar-refractivity contribution is 5.85. The molecular weight excluding hydrogens is 236 g/mol. The lowest BCUT2D eigenvalue weighted by Crippen LogP contribution is -2.32. The van der Waals surface area contributed by atoms with E-state index in [2.05, 4.69) is 10.3 Å². The van der Waals surface area contributed by atoms with Crippen molar-refractivity contribution >= 4 is 12.1 Å². The summed E-state index contributed by atoms with van der Waals surface area (Å²) in [7, 11) is 0. The van der Waals surface area contributed by atoms with Gasteiger partial charge in [0.05, 0.1) is 12.2 Å². The number of carbonyl (C=O) groups is 2. The van der Waals surface area contributed by atoms with Gasteiger partial charge in [0.15, 0.2) is 0 Å². The molecule has 6 nitrogen and oxygen atoms in total. The molecule has 0 aromatic carbocycles. The van der Waals surface area contributed by atoms with E-state index in [9.17, 15) is 9.59 Å². The van der Waals surface area contributed by atoms with Crippen LogP contribution in [0.3, 0.4) is 0 Å². The van der Waals surface area contributed by atoms with Gasteiger partial charge in [-0.05, 0) is 32.9 Å². The Balaban J connectivity index is 2.56. The molecule has 0 aliphatic carbocycles. The van der Waals surface area contributed by atoms with Crippen LogP contribution in [0.25, 0.3) is 0 Å². The van der Waals surface area contributed by atoms with Crippen LogP contribution in [0.4, 0.5) is 4.79 Å². The smallest absolute Gasteiger partial charge is 0.407 e. The number of carbonyl (C=O) groups excluding carboxylic acids is 1. The molecule has 1 amide bonds. The number of aromatic nitrogens is 1. The molecule has 0 aliphatic rings. The van der Waals surface area contributed by atoms with Gasteiger partial charge in [-0.3, -0.25) is 0 Å². The normalized spacial score (nSPS) is 10.8. The van der Waals surface area contributed by atoms with Crippen LogP contribution in [0.5, 0.6) is 0 Å².